The molecule has 0 N–H and O–H groups in total. The summed E-state index contributed by atoms with van der Waals surface area (Å²) in [4.78, 5) is 3.14. The fraction of sp³-hybridized carbons (Fsp3) is 0.143. The summed E-state index contributed by atoms with van der Waals surface area (Å²) in [5.41, 5.74) is -0.476. The SMILES string of the molecule is N#Cc1cnc(OC(F)(F)F)c(Br)c1F. The lowest BCUT2D eigenvalue weighted by Crippen LogP contribution is -2.18. The van der Waals surface area contributed by atoms with Crippen molar-refractivity contribution in [3.63, 3.8) is 0 Å². The molecule has 15 heavy (non-hydrogen) atoms. The summed E-state index contributed by atoms with van der Waals surface area (Å²) in [7, 11) is 0. The Hall–Kier alpha value is -1.36. The Morgan fingerprint density at radius 2 is 2.07 bits per heavy atom. The molecule has 0 unspecified atom stereocenters. The van der Waals surface area contributed by atoms with Crippen LogP contribution in [0.2, 0.25) is 0 Å². The van der Waals surface area contributed by atoms with E-state index in [1.165, 1.54) is 6.07 Å². The smallest absolute Gasteiger partial charge is 0.387 e. The van der Waals surface area contributed by atoms with Crippen LogP contribution in [0, 0.1) is 17.1 Å². The first kappa shape index (κ1) is 11.7. The summed E-state index contributed by atoms with van der Waals surface area (Å²) in [6, 6.07) is 1.42. The number of ether oxygens (including phenoxy) is 1. The lowest BCUT2D eigenvalue weighted by atomic mass is 10.3. The molecular formula is C7HBrF4N2O. The van der Waals surface area contributed by atoms with Crippen molar-refractivity contribution in [2.24, 2.45) is 0 Å². The number of aromatic nitrogens is 1. The molecule has 0 spiro atoms. The van der Waals surface area contributed by atoms with E-state index >= 15 is 0 Å². The van der Waals surface area contributed by atoms with Crippen LogP contribution < -0.4 is 4.74 Å². The standard InChI is InChI=1S/C7HBrF4N2O/c8-4-5(9)3(1-13)2-14-6(4)15-7(10,11)12/h2H. The topological polar surface area (TPSA) is 45.9 Å². The van der Waals surface area contributed by atoms with Crippen LogP contribution in [0.15, 0.2) is 10.7 Å². The number of pyridine rings is 1. The van der Waals surface area contributed by atoms with Gasteiger partial charge in [-0.1, -0.05) is 0 Å². The Kier molecular flexibility index (Phi) is 3.14. The van der Waals surface area contributed by atoms with Crippen LogP contribution in [0.25, 0.3) is 0 Å². The quantitative estimate of drug-likeness (QED) is 0.745. The van der Waals surface area contributed by atoms with E-state index < -0.39 is 28.1 Å². The highest BCUT2D eigenvalue weighted by Gasteiger charge is 2.33. The largest absolute Gasteiger partial charge is 0.574 e. The van der Waals surface area contributed by atoms with Crippen molar-refractivity contribution < 1.29 is 22.3 Å². The summed E-state index contributed by atoms with van der Waals surface area (Å²) in [6.45, 7) is 0. The minimum Gasteiger partial charge on any atom is -0.387 e. The van der Waals surface area contributed by atoms with Crippen LogP contribution in [-0.4, -0.2) is 11.3 Å². The minimum atomic E-state index is -4.96. The maximum absolute atomic E-state index is 13.1. The van der Waals surface area contributed by atoms with E-state index in [0.29, 0.717) is 6.20 Å². The first-order valence-corrected chi connectivity index (χ1v) is 4.14. The predicted molar refractivity (Wildman–Crippen MR) is 43.3 cm³/mol. The molecule has 0 amide bonds. The molecule has 8 heteroatoms. The van der Waals surface area contributed by atoms with Gasteiger partial charge in [-0.2, -0.15) is 5.26 Å². The third-order valence-electron chi connectivity index (χ3n) is 1.26. The van der Waals surface area contributed by atoms with Crippen molar-refractivity contribution in [2.75, 3.05) is 0 Å². The lowest BCUT2D eigenvalue weighted by Gasteiger charge is -2.09. The molecule has 0 aliphatic rings. The molecule has 0 bridgehead atoms. The van der Waals surface area contributed by atoms with Gasteiger partial charge in [-0.25, -0.2) is 9.37 Å². The van der Waals surface area contributed by atoms with Gasteiger partial charge in [0.25, 0.3) is 0 Å². The zero-order chi connectivity index (χ0) is 11.6. The number of hydrogen-bond donors (Lipinski definition) is 0. The molecule has 0 saturated carbocycles. The number of nitriles is 1. The minimum absolute atomic E-state index is 0.476. The Balaban J connectivity index is 3.14. The van der Waals surface area contributed by atoms with Crippen LogP contribution in [0.5, 0.6) is 5.88 Å². The molecule has 3 nitrogen and oxygen atoms in total. The van der Waals surface area contributed by atoms with Crippen molar-refractivity contribution in [1.82, 2.24) is 4.98 Å². The second-order valence-corrected chi connectivity index (χ2v) is 3.06. The van der Waals surface area contributed by atoms with Gasteiger partial charge in [0.15, 0.2) is 5.82 Å². The van der Waals surface area contributed by atoms with E-state index in [-0.39, 0.29) is 0 Å². The van der Waals surface area contributed by atoms with Crippen molar-refractivity contribution in [3.8, 4) is 11.9 Å². The molecule has 80 valence electrons. The molecule has 1 heterocycles. The summed E-state index contributed by atoms with van der Waals surface area (Å²) in [5, 5.41) is 8.35. The molecule has 1 rings (SSSR count). The molecule has 1 aromatic rings. The zero-order valence-electron chi connectivity index (χ0n) is 6.77. The monoisotopic (exact) mass is 284 g/mol. The van der Waals surface area contributed by atoms with Gasteiger partial charge in [-0.05, 0) is 15.9 Å². The third kappa shape index (κ3) is 2.79. The maximum Gasteiger partial charge on any atom is 0.574 e. The Morgan fingerprint density at radius 1 is 1.47 bits per heavy atom. The van der Waals surface area contributed by atoms with Crippen LogP contribution in [-0.2, 0) is 0 Å². The number of rotatable bonds is 1. The Morgan fingerprint density at radius 3 is 2.53 bits per heavy atom. The van der Waals surface area contributed by atoms with E-state index in [1.54, 1.807) is 0 Å². The Bertz CT molecular complexity index is 426. The van der Waals surface area contributed by atoms with E-state index in [9.17, 15) is 17.6 Å². The summed E-state index contributed by atoms with van der Waals surface area (Å²) in [6.07, 6.45) is -4.31. The number of halogens is 5. The normalized spacial score (nSPS) is 10.9. The van der Waals surface area contributed by atoms with E-state index in [4.69, 9.17) is 5.26 Å². The van der Waals surface area contributed by atoms with Gasteiger partial charge in [0.2, 0.25) is 5.88 Å². The van der Waals surface area contributed by atoms with Gasteiger partial charge in [-0.15, -0.1) is 13.2 Å². The maximum atomic E-state index is 13.1. The summed E-state index contributed by atoms with van der Waals surface area (Å²) in [5.74, 6) is -2.12. The first-order valence-electron chi connectivity index (χ1n) is 3.35. The van der Waals surface area contributed by atoms with Crippen molar-refractivity contribution in [2.45, 2.75) is 6.36 Å². The van der Waals surface area contributed by atoms with Gasteiger partial charge in [0, 0.05) is 0 Å². The summed E-state index contributed by atoms with van der Waals surface area (Å²) >= 11 is 2.51. The van der Waals surface area contributed by atoms with Gasteiger partial charge < -0.3 is 4.74 Å². The van der Waals surface area contributed by atoms with Gasteiger partial charge in [-0.3, -0.25) is 0 Å². The van der Waals surface area contributed by atoms with Gasteiger partial charge >= 0.3 is 6.36 Å². The number of nitrogens with zero attached hydrogens (tertiary/aromatic N) is 2. The van der Waals surface area contributed by atoms with Crippen molar-refractivity contribution >= 4 is 15.9 Å². The molecule has 0 radical (unpaired) electrons. The van der Waals surface area contributed by atoms with Crippen molar-refractivity contribution in [1.29, 1.82) is 5.26 Å². The average Bonchev–Trinajstić information content (AvgIpc) is 2.11. The molecule has 1 aromatic heterocycles. The fourth-order valence-electron chi connectivity index (χ4n) is 0.707. The average molecular weight is 285 g/mol. The molecule has 0 aliphatic heterocycles. The van der Waals surface area contributed by atoms with E-state index in [2.05, 4.69) is 25.7 Å². The molecule has 0 saturated heterocycles. The highest BCUT2D eigenvalue weighted by atomic mass is 79.9. The molecule has 0 fully saturated rings. The summed E-state index contributed by atoms with van der Waals surface area (Å²) < 4.78 is 51.1. The van der Waals surface area contributed by atoms with Crippen LogP contribution in [0.1, 0.15) is 5.56 Å². The first-order chi connectivity index (χ1) is 6.85. The van der Waals surface area contributed by atoms with Crippen LogP contribution in [0.4, 0.5) is 17.6 Å². The molecule has 0 atom stereocenters. The van der Waals surface area contributed by atoms with E-state index in [0.717, 1.165) is 0 Å². The molecule has 0 aromatic carbocycles. The van der Waals surface area contributed by atoms with Crippen LogP contribution >= 0.6 is 15.9 Å². The fourth-order valence-corrected chi connectivity index (χ4v) is 1.10. The molecule has 0 aliphatic carbocycles. The van der Waals surface area contributed by atoms with Gasteiger partial charge in [0.1, 0.15) is 16.1 Å². The second kappa shape index (κ2) is 4.02. The second-order valence-electron chi connectivity index (χ2n) is 2.26. The van der Waals surface area contributed by atoms with Crippen LogP contribution in [0.3, 0.4) is 0 Å². The highest BCUT2D eigenvalue weighted by molar-refractivity contribution is 9.10. The number of alkyl halides is 3. The predicted octanol–water partition coefficient (Wildman–Crippen LogP) is 2.75. The van der Waals surface area contributed by atoms with Crippen molar-refractivity contribution in [3.05, 3.63) is 22.1 Å². The highest BCUT2D eigenvalue weighted by Crippen LogP contribution is 2.31. The Labute approximate surface area is 89.4 Å². The third-order valence-corrected chi connectivity index (χ3v) is 1.95. The number of hydrogen-bond acceptors (Lipinski definition) is 3. The zero-order valence-corrected chi connectivity index (χ0v) is 8.36. The lowest BCUT2D eigenvalue weighted by molar-refractivity contribution is -0.276. The van der Waals surface area contributed by atoms with E-state index in [1.807, 2.05) is 0 Å². The van der Waals surface area contributed by atoms with Gasteiger partial charge in [0.05, 0.1) is 6.20 Å². The molecular weight excluding hydrogens is 284 g/mol.